The Balaban J connectivity index is 2.14. The number of hydrogen-bond donors (Lipinski definition) is 2. The largest absolute Gasteiger partial charge is 0.491 e. The van der Waals surface area contributed by atoms with Crippen molar-refractivity contribution in [1.29, 1.82) is 0 Å². The quantitative estimate of drug-likeness (QED) is 0.803. The molecule has 2 rings (SSSR count). The van der Waals surface area contributed by atoms with Crippen LogP contribution in [-0.4, -0.2) is 26.7 Å². The van der Waals surface area contributed by atoms with E-state index in [1.165, 1.54) is 31.4 Å². The molecule has 0 spiro atoms. The van der Waals surface area contributed by atoms with Crippen LogP contribution in [0.25, 0.3) is 0 Å². The highest BCUT2D eigenvalue weighted by Crippen LogP contribution is 2.23. The number of benzene rings is 1. The average molecular weight is 343 g/mol. The summed E-state index contributed by atoms with van der Waals surface area (Å²) < 4.78 is 50.5. The third kappa shape index (κ3) is 4.10. The second-order valence-corrected chi connectivity index (χ2v) is 6.87. The summed E-state index contributed by atoms with van der Waals surface area (Å²) >= 11 is 0. The Labute approximate surface area is 133 Å². The highest BCUT2D eigenvalue weighted by atomic mass is 32.2. The third-order valence-corrected chi connectivity index (χ3v) is 4.57. The van der Waals surface area contributed by atoms with Crippen LogP contribution in [0.3, 0.4) is 0 Å². The molecule has 0 saturated heterocycles. The monoisotopic (exact) mass is 343 g/mol. The molecular formula is C15H18FNO5S. The number of furan rings is 1. The van der Waals surface area contributed by atoms with Crippen molar-refractivity contribution in [2.75, 3.05) is 13.2 Å². The van der Waals surface area contributed by atoms with Crippen LogP contribution in [0.1, 0.15) is 19.6 Å². The molecule has 1 aromatic carbocycles. The van der Waals surface area contributed by atoms with E-state index in [0.717, 1.165) is 6.07 Å². The van der Waals surface area contributed by atoms with Crippen molar-refractivity contribution in [3.05, 3.63) is 48.2 Å². The van der Waals surface area contributed by atoms with Crippen molar-refractivity contribution >= 4 is 10.0 Å². The van der Waals surface area contributed by atoms with Gasteiger partial charge in [0.25, 0.3) is 0 Å². The fourth-order valence-corrected chi connectivity index (χ4v) is 3.06. The number of aliphatic hydroxyl groups is 1. The lowest BCUT2D eigenvalue weighted by molar-refractivity contribution is 0.0395. The summed E-state index contributed by atoms with van der Waals surface area (Å²) in [6.45, 7) is 3.06. The number of nitrogens with one attached hydrogen (secondary N) is 1. The average Bonchev–Trinajstić information content (AvgIpc) is 3.03. The molecule has 1 heterocycles. The molecule has 1 aromatic heterocycles. The molecule has 0 radical (unpaired) electrons. The Morgan fingerprint density at radius 1 is 1.39 bits per heavy atom. The number of rotatable bonds is 7. The molecule has 0 aliphatic heterocycles. The standard InChI is InChI=1S/C15H18FNO5S/c1-3-21-13-7-6-11(9-12(13)16)23(19,20)17-10-15(2,18)14-5-4-8-22-14/h4-9,17-18H,3,10H2,1-2H3. The van der Waals surface area contributed by atoms with E-state index < -0.39 is 21.4 Å². The van der Waals surface area contributed by atoms with Gasteiger partial charge in [-0.15, -0.1) is 0 Å². The van der Waals surface area contributed by atoms with Crippen molar-refractivity contribution in [3.8, 4) is 5.75 Å². The Bertz CT molecular complexity index is 756. The first kappa shape index (κ1) is 17.5. The van der Waals surface area contributed by atoms with Crippen molar-refractivity contribution in [2.45, 2.75) is 24.3 Å². The molecule has 8 heteroatoms. The van der Waals surface area contributed by atoms with E-state index in [0.29, 0.717) is 0 Å². The summed E-state index contributed by atoms with van der Waals surface area (Å²) in [4.78, 5) is -0.256. The van der Waals surface area contributed by atoms with Crippen LogP contribution in [0.4, 0.5) is 4.39 Å². The summed E-state index contributed by atoms with van der Waals surface area (Å²) in [6, 6.07) is 6.47. The zero-order valence-corrected chi connectivity index (χ0v) is 13.6. The molecule has 23 heavy (non-hydrogen) atoms. The second-order valence-electron chi connectivity index (χ2n) is 5.10. The Morgan fingerprint density at radius 3 is 2.70 bits per heavy atom. The van der Waals surface area contributed by atoms with Gasteiger partial charge in [0, 0.05) is 6.54 Å². The lowest BCUT2D eigenvalue weighted by Crippen LogP contribution is -2.38. The van der Waals surface area contributed by atoms with Crippen LogP contribution >= 0.6 is 0 Å². The summed E-state index contributed by atoms with van der Waals surface area (Å²) in [7, 11) is -3.99. The van der Waals surface area contributed by atoms with E-state index in [-0.39, 0.29) is 29.6 Å². The normalized spacial score (nSPS) is 14.4. The van der Waals surface area contributed by atoms with Crippen molar-refractivity contribution in [1.82, 2.24) is 4.72 Å². The van der Waals surface area contributed by atoms with Crippen molar-refractivity contribution < 1.29 is 27.1 Å². The first-order valence-corrected chi connectivity index (χ1v) is 8.43. The number of halogens is 1. The van der Waals surface area contributed by atoms with Gasteiger partial charge >= 0.3 is 0 Å². The fourth-order valence-electron chi connectivity index (χ4n) is 1.91. The van der Waals surface area contributed by atoms with Crippen LogP contribution in [-0.2, 0) is 15.6 Å². The minimum atomic E-state index is -3.99. The molecule has 1 atom stereocenters. The first-order chi connectivity index (χ1) is 10.8. The molecule has 0 aliphatic carbocycles. The van der Waals surface area contributed by atoms with Gasteiger partial charge in [-0.25, -0.2) is 17.5 Å². The molecule has 0 aliphatic rings. The predicted molar refractivity (Wildman–Crippen MR) is 81.0 cm³/mol. The summed E-state index contributed by atoms with van der Waals surface area (Å²) in [5, 5.41) is 10.2. The smallest absolute Gasteiger partial charge is 0.240 e. The van der Waals surface area contributed by atoms with Crippen molar-refractivity contribution in [3.63, 3.8) is 0 Å². The van der Waals surface area contributed by atoms with Gasteiger partial charge in [0.2, 0.25) is 10.0 Å². The van der Waals surface area contributed by atoms with Gasteiger partial charge in [0.1, 0.15) is 11.4 Å². The fraction of sp³-hybridized carbons (Fsp3) is 0.333. The Morgan fingerprint density at radius 2 is 2.13 bits per heavy atom. The summed E-state index contributed by atoms with van der Waals surface area (Å²) in [5.74, 6) is -0.570. The number of sulfonamides is 1. The number of hydrogen-bond acceptors (Lipinski definition) is 5. The number of ether oxygens (including phenoxy) is 1. The molecule has 126 valence electrons. The minimum Gasteiger partial charge on any atom is -0.491 e. The van der Waals surface area contributed by atoms with E-state index >= 15 is 0 Å². The van der Waals surface area contributed by atoms with E-state index in [1.54, 1.807) is 13.0 Å². The summed E-state index contributed by atoms with van der Waals surface area (Å²) in [5.41, 5.74) is -1.53. The molecular weight excluding hydrogens is 325 g/mol. The van der Waals surface area contributed by atoms with E-state index in [2.05, 4.69) is 4.72 Å². The van der Waals surface area contributed by atoms with E-state index in [9.17, 15) is 17.9 Å². The lowest BCUT2D eigenvalue weighted by Gasteiger charge is -2.21. The molecule has 2 aromatic rings. The third-order valence-electron chi connectivity index (χ3n) is 3.17. The molecule has 2 N–H and O–H groups in total. The van der Waals surface area contributed by atoms with Gasteiger partial charge in [0.15, 0.2) is 11.6 Å². The minimum absolute atomic E-state index is 0.0194. The highest BCUT2D eigenvalue weighted by molar-refractivity contribution is 7.89. The van der Waals surface area contributed by atoms with Gasteiger partial charge < -0.3 is 14.3 Å². The first-order valence-electron chi connectivity index (χ1n) is 6.94. The van der Waals surface area contributed by atoms with E-state index in [4.69, 9.17) is 9.15 Å². The van der Waals surface area contributed by atoms with Gasteiger partial charge in [0.05, 0.1) is 17.8 Å². The maximum atomic E-state index is 13.8. The highest BCUT2D eigenvalue weighted by Gasteiger charge is 2.29. The topological polar surface area (TPSA) is 88.8 Å². The predicted octanol–water partition coefficient (Wildman–Crippen LogP) is 2.00. The van der Waals surface area contributed by atoms with Gasteiger partial charge in [-0.1, -0.05) is 0 Å². The van der Waals surface area contributed by atoms with E-state index in [1.807, 2.05) is 0 Å². The zero-order valence-electron chi connectivity index (χ0n) is 12.7. The molecule has 0 bridgehead atoms. The molecule has 0 amide bonds. The lowest BCUT2D eigenvalue weighted by atomic mass is 10.1. The van der Waals surface area contributed by atoms with Crippen molar-refractivity contribution in [2.24, 2.45) is 0 Å². The van der Waals surface area contributed by atoms with Crippen LogP contribution in [0.5, 0.6) is 5.75 Å². The molecule has 0 saturated carbocycles. The molecule has 1 unspecified atom stereocenters. The molecule has 0 fully saturated rings. The second kappa shape index (κ2) is 6.69. The van der Waals surface area contributed by atoms with Crippen LogP contribution < -0.4 is 9.46 Å². The van der Waals surface area contributed by atoms with Crippen LogP contribution in [0, 0.1) is 5.82 Å². The SMILES string of the molecule is CCOc1ccc(S(=O)(=O)NCC(C)(O)c2ccco2)cc1F. The maximum Gasteiger partial charge on any atom is 0.240 e. The maximum absolute atomic E-state index is 13.8. The summed E-state index contributed by atoms with van der Waals surface area (Å²) in [6.07, 6.45) is 1.38. The van der Waals surface area contributed by atoms with Gasteiger partial charge in [-0.2, -0.15) is 0 Å². The Kier molecular flexibility index (Phi) is 5.08. The Hall–Kier alpha value is -1.90. The van der Waals surface area contributed by atoms with Crippen LogP contribution in [0.15, 0.2) is 45.9 Å². The van der Waals surface area contributed by atoms with Gasteiger partial charge in [-0.05, 0) is 44.2 Å². The zero-order chi connectivity index (χ0) is 17.1. The van der Waals surface area contributed by atoms with Crippen LogP contribution in [0.2, 0.25) is 0 Å². The molecule has 6 nitrogen and oxygen atoms in total. The van der Waals surface area contributed by atoms with Gasteiger partial charge in [-0.3, -0.25) is 0 Å².